The van der Waals surface area contributed by atoms with Crippen molar-refractivity contribution in [3.8, 4) is 22.6 Å². The molecule has 0 radical (unpaired) electrons. The van der Waals surface area contributed by atoms with Crippen LogP contribution in [-0.2, 0) is 21.8 Å². The van der Waals surface area contributed by atoms with Gasteiger partial charge in [0.2, 0.25) is 10.0 Å². The van der Waals surface area contributed by atoms with Crippen molar-refractivity contribution in [1.82, 2.24) is 19.4 Å². The number of hydrogen-bond donors (Lipinski definition) is 2. The molecule has 2 aromatic heterocycles. The van der Waals surface area contributed by atoms with Crippen LogP contribution in [0.3, 0.4) is 0 Å². The van der Waals surface area contributed by atoms with Gasteiger partial charge in [0.1, 0.15) is 22.6 Å². The number of nitrogens with one attached hydrogen (secondary N) is 2. The minimum absolute atomic E-state index is 0.0568. The molecule has 4 heterocycles. The Labute approximate surface area is 294 Å². The largest absolute Gasteiger partial charge is 0.457 e. The molecule has 2 N–H and O–H groups in total. The first-order chi connectivity index (χ1) is 23.8. The van der Waals surface area contributed by atoms with E-state index in [1.54, 1.807) is 44.6 Å². The Morgan fingerprint density at radius 1 is 0.980 bits per heavy atom. The van der Waals surface area contributed by atoms with Gasteiger partial charge >= 0.3 is 6.09 Å². The lowest BCUT2D eigenvalue weighted by molar-refractivity contribution is 0.0169. The Morgan fingerprint density at radius 3 is 2.42 bits per heavy atom. The van der Waals surface area contributed by atoms with Crippen LogP contribution in [-0.4, -0.2) is 91.0 Å². The maximum Gasteiger partial charge on any atom is 0.410 e. The number of pyridine rings is 1. The summed E-state index contributed by atoms with van der Waals surface area (Å²) >= 11 is 0. The molecule has 0 aliphatic carbocycles. The first-order valence-electron chi connectivity index (χ1n) is 17.3. The summed E-state index contributed by atoms with van der Waals surface area (Å²) in [5.74, 6) is 1.69. The van der Waals surface area contributed by atoms with Gasteiger partial charge in [-0.1, -0.05) is 6.07 Å². The lowest BCUT2D eigenvalue weighted by Gasteiger charge is -2.39. The van der Waals surface area contributed by atoms with Crippen LogP contribution in [0.15, 0.2) is 65.7 Å². The highest BCUT2D eigenvalue weighted by Gasteiger charge is 2.29. The van der Waals surface area contributed by atoms with Crippen LogP contribution in [0.4, 0.5) is 16.2 Å². The molecule has 0 unspecified atom stereocenters. The Hall–Kier alpha value is -4.49. The zero-order chi connectivity index (χ0) is 35.6. The van der Waals surface area contributed by atoms with E-state index in [0.717, 1.165) is 69.9 Å². The van der Waals surface area contributed by atoms with Gasteiger partial charge in [0.05, 0.1) is 5.75 Å². The molecule has 2 aromatic carbocycles. The molecule has 0 atom stereocenters. The molecule has 268 valence electrons. The monoisotopic (exact) mass is 704 g/mol. The second-order valence-electron chi connectivity index (χ2n) is 14.2. The first-order valence-corrected chi connectivity index (χ1v) is 19.0. The Balaban J connectivity index is 1.14. The second kappa shape index (κ2) is 14.4. The fraction of sp³-hybridized carbons (Fsp3) is 0.459. The van der Waals surface area contributed by atoms with E-state index in [-0.39, 0.29) is 17.4 Å². The third-order valence-corrected chi connectivity index (χ3v) is 10.7. The number of hydrogen-bond acceptors (Lipinski definition) is 8. The average molecular weight is 705 g/mol. The number of aryl methyl sites for hydroxylation is 1. The molecule has 2 fully saturated rings. The van der Waals surface area contributed by atoms with E-state index in [2.05, 4.69) is 25.6 Å². The normalized spacial score (nSPS) is 16.5. The highest BCUT2D eigenvalue weighted by molar-refractivity contribution is 7.92. The molecule has 2 saturated heterocycles. The van der Waals surface area contributed by atoms with Crippen LogP contribution in [0.25, 0.3) is 22.0 Å². The van der Waals surface area contributed by atoms with Gasteiger partial charge in [-0.2, -0.15) is 0 Å². The molecule has 2 aliphatic rings. The summed E-state index contributed by atoms with van der Waals surface area (Å²) in [7, 11) is -1.82. The van der Waals surface area contributed by atoms with Crippen molar-refractivity contribution in [2.24, 2.45) is 13.0 Å². The van der Waals surface area contributed by atoms with Gasteiger partial charge in [-0.05, 0) is 82.9 Å². The molecule has 0 bridgehead atoms. The summed E-state index contributed by atoms with van der Waals surface area (Å²) in [6, 6.07) is 15.1. The van der Waals surface area contributed by atoms with Crippen molar-refractivity contribution in [3.63, 3.8) is 0 Å². The summed E-state index contributed by atoms with van der Waals surface area (Å²) < 4.78 is 41.1. The van der Waals surface area contributed by atoms with Crippen LogP contribution in [0.1, 0.15) is 40.5 Å². The quantitative estimate of drug-likeness (QED) is 0.222. The third-order valence-electron chi connectivity index (χ3n) is 9.38. The fourth-order valence-corrected chi connectivity index (χ4v) is 7.31. The van der Waals surface area contributed by atoms with Crippen LogP contribution < -0.4 is 19.9 Å². The number of ether oxygens (including phenoxy) is 2. The number of anilines is 2. The van der Waals surface area contributed by atoms with Crippen molar-refractivity contribution in [2.45, 2.75) is 46.1 Å². The van der Waals surface area contributed by atoms with Gasteiger partial charge in [-0.25, -0.2) is 13.2 Å². The molecule has 6 rings (SSSR count). The molecule has 50 heavy (non-hydrogen) atoms. The zero-order valence-electron chi connectivity index (χ0n) is 29.6. The molecule has 0 spiro atoms. The molecule has 1 amide bonds. The van der Waals surface area contributed by atoms with Crippen molar-refractivity contribution >= 4 is 38.4 Å². The van der Waals surface area contributed by atoms with Gasteiger partial charge in [0.25, 0.3) is 5.56 Å². The maximum absolute atomic E-state index is 12.8. The minimum Gasteiger partial charge on any atom is -0.457 e. The summed E-state index contributed by atoms with van der Waals surface area (Å²) in [5.41, 5.74) is 2.69. The number of fused-ring (bicyclic) bond motifs is 1. The van der Waals surface area contributed by atoms with Gasteiger partial charge in [0, 0.05) is 99.2 Å². The number of nitrogens with zero attached hydrogens (tertiary/aromatic N) is 4. The number of aromatic amines is 1. The lowest BCUT2D eigenvalue weighted by Crippen LogP contribution is -2.49. The van der Waals surface area contributed by atoms with Gasteiger partial charge in [0.15, 0.2) is 0 Å². The number of H-pyrrole nitrogens is 1. The zero-order valence-corrected chi connectivity index (χ0v) is 30.4. The predicted molar refractivity (Wildman–Crippen MR) is 198 cm³/mol. The van der Waals surface area contributed by atoms with E-state index in [4.69, 9.17) is 9.47 Å². The number of aromatic nitrogens is 2. The minimum atomic E-state index is -3.51. The fourth-order valence-electron chi connectivity index (χ4n) is 6.68. The van der Waals surface area contributed by atoms with Crippen molar-refractivity contribution in [1.29, 1.82) is 0 Å². The summed E-state index contributed by atoms with van der Waals surface area (Å²) in [5, 5.41) is 0.716. The van der Waals surface area contributed by atoms with E-state index in [1.807, 2.05) is 49.9 Å². The predicted octanol–water partition coefficient (Wildman–Crippen LogP) is 5.86. The van der Waals surface area contributed by atoms with Crippen LogP contribution in [0.5, 0.6) is 11.5 Å². The van der Waals surface area contributed by atoms with Crippen LogP contribution in [0, 0.1) is 5.92 Å². The topological polar surface area (TPSA) is 129 Å². The number of likely N-dealkylation sites (tertiary alicyclic amines) is 1. The van der Waals surface area contributed by atoms with Gasteiger partial charge < -0.3 is 28.8 Å². The van der Waals surface area contributed by atoms with Crippen LogP contribution >= 0.6 is 0 Å². The first kappa shape index (κ1) is 35.3. The average Bonchev–Trinajstić information content (AvgIpc) is 3.58. The van der Waals surface area contributed by atoms with E-state index < -0.39 is 15.6 Å². The second-order valence-corrected chi connectivity index (χ2v) is 16.3. The number of carbonyl (C=O) groups excluding carboxylic acids is 1. The Kier molecular flexibility index (Phi) is 10.2. The molecular formula is C37H48N6O6S. The molecule has 0 saturated carbocycles. The number of sulfonamides is 1. The smallest absolute Gasteiger partial charge is 0.410 e. The highest BCUT2D eigenvalue weighted by atomic mass is 32.2. The molecule has 13 heteroatoms. The van der Waals surface area contributed by atoms with Crippen LogP contribution in [0.2, 0.25) is 0 Å². The third kappa shape index (κ3) is 8.27. The number of piperidine rings is 1. The summed E-state index contributed by atoms with van der Waals surface area (Å²) in [6.07, 6.45) is 5.23. The van der Waals surface area contributed by atoms with E-state index in [0.29, 0.717) is 39.6 Å². The number of benzene rings is 2. The summed E-state index contributed by atoms with van der Waals surface area (Å²) in [4.78, 5) is 35.0. The molecule has 4 aromatic rings. The van der Waals surface area contributed by atoms with E-state index >= 15 is 0 Å². The molecular weight excluding hydrogens is 657 g/mol. The van der Waals surface area contributed by atoms with E-state index in [9.17, 15) is 18.0 Å². The number of piperazine rings is 1. The summed E-state index contributed by atoms with van der Waals surface area (Å²) in [6.45, 7) is 13.5. The van der Waals surface area contributed by atoms with Crippen molar-refractivity contribution in [2.75, 3.05) is 61.2 Å². The molecule has 2 aliphatic heterocycles. The number of carbonyl (C=O) groups is 1. The Morgan fingerprint density at radius 2 is 1.72 bits per heavy atom. The van der Waals surface area contributed by atoms with E-state index in [1.165, 1.54) is 4.57 Å². The SMILES string of the molecule is CCS(=O)(=O)Nc1ccc(Oc2cccc(N3CCN(CC4CCN(C(=O)OC(C)(C)C)CC4)CC3)c2)c(-c2cn(C)c(=O)c3[nH]ccc23)c1. The lowest BCUT2D eigenvalue weighted by atomic mass is 9.96. The standard InChI is InChI=1S/C37H48N6O6S/c1-6-50(46,47)39-27-10-11-33(31(22-27)32-25-40(5)35(44)34-30(32)12-15-38-34)48-29-9-7-8-28(23-29)42-20-18-41(19-21-42)24-26-13-16-43(17-14-26)36(45)49-37(2,3)4/h7-12,15,22-23,25-26,38-39H,6,13-14,16-21,24H2,1-5H3. The van der Waals surface area contributed by atoms with Gasteiger partial charge in [-0.3, -0.25) is 14.4 Å². The highest BCUT2D eigenvalue weighted by Crippen LogP contribution is 2.39. The molecule has 12 nitrogen and oxygen atoms in total. The number of amides is 1. The van der Waals surface area contributed by atoms with Crippen molar-refractivity contribution < 1.29 is 22.7 Å². The Bertz CT molecular complexity index is 2000. The maximum atomic E-state index is 12.8. The van der Waals surface area contributed by atoms with Crippen molar-refractivity contribution in [3.05, 3.63) is 71.3 Å². The van der Waals surface area contributed by atoms with Gasteiger partial charge in [-0.15, -0.1) is 0 Å². The number of rotatable bonds is 9.